The maximum atomic E-state index is 14.2. The van der Waals surface area contributed by atoms with Crippen LogP contribution in [0.15, 0.2) is 66.7 Å². The van der Waals surface area contributed by atoms with Gasteiger partial charge in [0.2, 0.25) is 0 Å². The fourth-order valence-electron chi connectivity index (χ4n) is 4.04. The van der Waals surface area contributed by atoms with Gasteiger partial charge in [-0.1, -0.05) is 48.5 Å². The average Bonchev–Trinajstić information content (AvgIpc) is 2.85. The topological polar surface area (TPSA) is 76.1 Å². The lowest BCUT2D eigenvalue weighted by molar-refractivity contribution is -0.137. The average molecular weight is 464 g/mol. The molecule has 176 valence electrons. The minimum absolute atomic E-state index is 0.00266. The number of nitrogens with zero attached hydrogens (tertiary/aromatic N) is 1. The molecule has 4 rings (SSSR count). The van der Waals surface area contributed by atoms with Crippen molar-refractivity contribution >= 4 is 12.1 Å². The van der Waals surface area contributed by atoms with Gasteiger partial charge < -0.3 is 19.5 Å². The Kier molecular flexibility index (Phi) is 7.42. The minimum atomic E-state index is -0.890. The summed E-state index contributed by atoms with van der Waals surface area (Å²) in [5.41, 5.74) is 4.29. The van der Waals surface area contributed by atoms with Gasteiger partial charge in [-0.2, -0.15) is 0 Å². The van der Waals surface area contributed by atoms with E-state index in [1.54, 1.807) is 11.0 Å². The number of carbonyl (C=O) groups excluding carboxylic acids is 1. The molecule has 0 unspecified atom stereocenters. The van der Waals surface area contributed by atoms with Crippen molar-refractivity contribution in [2.75, 3.05) is 13.2 Å². The zero-order valence-corrected chi connectivity index (χ0v) is 18.7. The second-order valence-corrected chi connectivity index (χ2v) is 8.14. The fraction of sp³-hybridized carbons (Fsp3) is 0.259. The van der Waals surface area contributed by atoms with Gasteiger partial charge in [-0.05, 0) is 53.3 Å². The van der Waals surface area contributed by atoms with E-state index in [0.29, 0.717) is 37.2 Å². The number of hydrogen-bond acceptors (Lipinski definition) is 4. The van der Waals surface area contributed by atoms with E-state index in [0.717, 1.165) is 22.3 Å². The summed E-state index contributed by atoms with van der Waals surface area (Å²) in [6.07, 6.45) is 0.610. The number of aliphatic carboxylic acids is 1. The molecule has 3 aromatic rings. The molecule has 0 atom stereocenters. The largest absolute Gasteiger partial charge is 0.493 e. The van der Waals surface area contributed by atoms with Crippen molar-refractivity contribution in [3.8, 4) is 16.9 Å². The molecule has 0 bridgehead atoms. The van der Waals surface area contributed by atoms with Crippen molar-refractivity contribution in [1.29, 1.82) is 0 Å². The highest BCUT2D eigenvalue weighted by Crippen LogP contribution is 2.37. The molecule has 0 saturated carbocycles. The van der Waals surface area contributed by atoms with Crippen molar-refractivity contribution < 1.29 is 28.6 Å². The van der Waals surface area contributed by atoms with Crippen LogP contribution >= 0.6 is 0 Å². The van der Waals surface area contributed by atoms with Crippen LogP contribution < -0.4 is 4.74 Å². The Bertz CT molecular complexity index is 1160. The Morgan fingerprint density at radius 3 is 2.62 bits per heavy atom. The first-order valence-corrected chi connectivity index (χ1v) is 11.2. The first kappa shape index (κ1) is 23.3. The van der Waals surface area contributed by atoms with Crippen molar-refractivity contribution in [3.05, 3.63) is 89.2 Å². The third kappa shape index (κ3) is 5.73. The van der Waals surface area contributed by atoms with Crippen molar-refractivity contribution in [2.45, 2.75) is 32.4 Å². The van der Waals surface area contributed by atoms with Crippen LogP contribution in [-0.4, -0.2) is 35.2 Å². The number of halogens is 1. The number of benzene rings is 3. The normalized spacial score (nSPS) is 12.7. The number of carboxylic acid groups (broad SMARTS) is 1. The zero-order chi connectivity index (χ0) is 23.9. The van der Waals surface area contributed by atoms with E-state index < -0.39 is 17.9 Å². The Labute approximate surface area is 197 Å². The lowest BCUT2D eigenvalue weighted by atomic mass is 9.91. The lowest BCUT2D eigenvalue weighted by Crippen LogP contribution is -2.36. The summed E-state index contributed by atoms with van der Waals surface area (Å²) < 4.78 is 25.5. The SMILES string of the molecule is O=C(O)CCCOc1ccc(F)cc1-c1cccc2c1CN(C(=O)OCc1ccccc1)CC2. The Morgan fingerprint density at radius 1 is 1.00 bits per heavy atom. The van der Waals surface area contributed by atoms with Gasteiger partial charge in [-0.3, -0.25) is 4.79 Å². The van der Waals surface area contributed by atoms with Gasteiger partial charge in [-0.25, -0.2) is 9.18 Å². The Morgan fingerprint density at radius 2 is 1.82 bits per heavy atom. The zero-order valence-electron chi connectivity index (χ0n) is 18.7. The maximum Gasteiger partial charge on any atom is 0.410 e. The summed E-state index contributed by atoms with van der Waals surface area (Å²) in [6.45, 7) is 1.28. The molecule has 0 radical (unpaired) electrons. The molecule has 1 amide bonds. The molecule has 34 heavy (non-hydrogen) atoms. The van der Waals surface area contributed by atoms with Gasteiger partial charge in [0.05, 0.1) is 6.61 Å². The molecular weight excluding hydrogens is 437 g/mol. The van der Waals surface area contributed by atoms with E-state index in [1.807, 2.05) is 48.5 Å². The van der Waals surface area contributed by atoms with Gasteiger partial charge in [-0.15, -0.1) is 0 Å². The van der Waals surface area contributed by atoms with Gasteiger partial charge >= 0.3 is 12.1 Å². The van der Waals surface area contributed by atoms with Crippen molar-refractivity contribution in [1.82, 2.24) is 4.90 Å². The quantitative estimate of drug-likeness (QED) is 0.451. The molecule has 6 nitrogen and oxygen atoms in total. The van der Waals surface area contributed by atoms with E-state index in [4.69, 9.17) is 14.6 Å². The minimum Gasteiger partial charge on any atom is -0.493 e. The second kappa shape index (κ2) is 10.8. The predicted molar refractivity (Wildman–Crippen MR) is 125 cm³/mol. The van der Waals surface area contributed by atoms with E-state index in [2.05, 4.69) is 0 Å². The van der Waals surface area contributed by atoms with E-state index in [9.17, 15) is 14.0 Å². The molecule has 0 aliphatic carbocycles. The van der Waals surface area contributed by atoms with Gasteiger partial charge in [0.15, 0.2) is 0 Å². The van der Waals surface area contributed by atoms with E-state index >= 15 is 0 Å². The molecule has 1 N–H and O–H groups in total. The first-order valence-electron chi connectivity index (χ1n) is 11.2. The third-order valence-corrected chi connectivity index (χ3v) is 5.76. The van der Waals surface area contributed by atoms with Crippen molar-refractivity contribution in [2.24, 2.45) is 0 Å². The number of rotatable bonds is 8. The summed E-state index contributed by atoms with van der Waals surface area (Å²) in [7, 11) is 0. The van der Waals surface area contributed by atoms with Crippen LogP contribution in [-0.2, 0) is 29.1 Å². The third-order valence-electron chi connectivity index (χ3n) is 5.76. The van der Waals surface area contributed by atoms with Crippen LogP contribution in [0.1, 0.15) is 29.5 Å². The molecule has 0 spiro atoms. The highest BCUT2D eigenvalue weighted by molar-refractivity contribution is 5.76. The first-order chi connectivity index (χ1) is 16.5. The summed E-state index contributed by atoms with van der Waals surface area (Å²) in [6, 6.07) is 19.6. The molecular formula is C27H26FNO5. The summed E-state index contributed by atoms with van der Waals surface area (Å²) in [5, 5.41) is 8.84. The van der Waals surface area contributed by atoms with Crippen LogP contribution in [0.3, 0.4) is 0 Å². The Hall–Kier alpha value is -3.87. The Balaban J connectivity index is 1.53. The standard InChI is InChI=1S/C27H26FNO5/c28-21-11-12-25(33-15-5-10-26(30)31)23(16-21)22-9-4-8-20-13-14-29(17-24(20)22)27(32)34-18-19-6-2-1-3-7-19/h1-4,6-9,11-12,16H,5,10,13-15,17-18H2,(H,30,31). The molecule has 1 aliphatic rings. The summed E-state index contributed by atoms with van der Waals surface area (Å²) in [4.78, 5) is 25.2. The fourth-order valence-corrected chi connectivity index (χ4v) is 4.04. The number of carboxylic acids is 1. The molecule has 3 aromatic carbocycles. The number of amides is 1. The smallest absolute Gasteiger partial charge is 0.410 e. The second-order valence-electron chi connectivity index (χ2n) is 8.14. The molecule has 0 aromatic heterocycles. The van der Waals surface area contributed by atoms with Crippen LogP contribution in [0.4, 0.5) is 9.18 Å². The van der Waals surface area contributed by atoms with E-state index in [-0.39, 0.29) is 19.6 Å². The number of ether oxygens (including phenoxy) is 2. The van der Waals surface area contributed by atoms with Gasteiger partial charge in [0, 0.05) is 25.1 Å². The predicted octanol–water partition coefficient (Wildman–Crippen LogP) is 5.43. The number of fused-ring (bicyclic) bond motifs is 1. The van der Waals surface area contributed by atoms with Gasteiger partial charge in [0.1, 0.15) is 18.2 Å². The maximum absolute atomic E-state index is 14.2. The highest BCUT2D eigenvalue weighted by atomic mass is 19.1. The molecule has 0 fully saturated rings. The van der Waals surface area contributed by atoms with Crippen LogP contribution in [0.2, 0.25) is 0 Å². The number of carbonyl (C=O) groups is 2. The monoisotopic (exact) mass is 463 g/mol. The molecule has 0 saturated heterocycles. The lowest BCUT2D eigenvalue weighted by Gasteiger charge is -2.30. The summed E-state index contributed by atoms with van der Waals surface area (Å²) >= 11 is 0. The summed E-state index contributed by atoms with van der Waals surface area (Å²) in [5.74, 6) is -0.816. The highest BCUT2D eigenvalue weighted by Gasteiger charge is 2.25. The van der Waals surface area contributed by atoms with Crippen LogP contribution in [0.5, 0.6) is 5.75 Å². The molecule has 1 aliphatic heterocycles. The molecule has 1 heterocycles. The molecule has 7 heteroatoms. The van der Waals surface area contributed by atoms with Gasteiger partial charge in [0.25, 0.3) is 0 Å². The number of hydrogen-bond donors (Lipinski definition) is 1. The van der Waals surface area contributed by atoms with E-state index in [1.165, 1.54) is 12.1 Å². The van der Waals surface area contributed by atoms with Crippen molar-refractivity contribution in [3.63, 3.8) is 0 Å². The van der Waals surface area contributed by atoms with Crippen LogP contribution in [0.25, 0.3) is 11.1 Å². The van der Waals surface area contributed by atoms with Crippen LogP contribution in [0, 0.1) is 5.82 Å².